The summed E-state index contributed by atoms with van der Waals surface area (Å²) in [5.74, 6) is -0.131. The number of amides is 1. The molecule has 2 aromatic carbocycles. The predicted molar refractivity (Wildman–Crippen MR) is 103 cm³/mol. The predicted octanol–water partition coefficient (Wildman–Crippen LogP) is 4.14. The van der Waals surface area contributed by atoms with E-state index in [1.165, 1.54) is 16.9 Å². The molecule has 0 saturated carbocycles. The maximum absolute atomic E-state index is 12.7. The van der Waals surface area contributed by atoms with Crippen LogP contribution in [0.1, 0.15) is 16.1 Å². The lowest BCUT2D eigenvalue weighted by molar-refractivity contribution is 0.0973. The average Bonchev–Trinajstić information content (AvgIpc) is 3.20. The van der Waals surface area contributed by atoms with Gasteiger partial charge in [-0.2, -0.15) is 4.99 Å². The van der Waals surface area contributed by atoms with Gasteiger partial charge >= 0.3 is 5.91 Å². The molecule has 0 aliphatic rings. The Morgan fingerprint density at radius 3 is 2.88 bits per heavy atom. The van der Waals surface area contributed by atoms with Crippen LogP contribution in [-0.2, 0) is 11.3 Å². The number of hydrogen-bond donors (Lipinski definition) is 0. The number of para-hydroxylation sites is 1. The number of methoxy groups -OCH3 is 1. The van der Waals surface area contributed by atoms with Gasteiger partial charge in [-0.3, -0.25) is 4.79 Å². The first kappa shape index (κ1) is 16.8. The molecule has 0 aliphatic carbocycles. The van der Waals surface area contributed by atoms with Crippen molar-refractivity contribution in [1.82, 2.24) is 4.57 Å². The Morgan fingerprint density at radius 1 is 1.23 bits per heavy atom. The summed E-state index contributed by atoms with van der Waals surface area (Å²) >= 11 is 1.50. The van der Waals surface area contributed by atoms with Gasteiger partial charge in [0.05, 0.1) is 16.8 Å². The molecule has 26 heavy (non-hydrogen) atoms. The summed E-state index contributed by atoms with van der Waals surface area (Å²) in [5, 5.41) is 0.894. The van der Waals surface area contributed by atoms with Crippen LogP contribution in [0, 0.1) is 6.92 Å². The molecule has 4 rings (SSSR count). The van der Waals surface area contributed by atoms with Crippen molar-refractivity contribution in [3.05, 3.63) is 64.7 Å². The van der Waals surface area contributed by atoms with E-state index in [0.717, 1.165) is 15.6 Å². The average molecular weight is 366 g/mol. The minimum atomic E-state index is -0.379. The lowest BCUT2D eigenvalue weighted by Gasteiger charge is -2.04. The largest absolute Gasteiger partial charge is 0.451 e. The molecule has 0 atom stereocenters. The quantitative estimate of drug-likeness (QED) is 0.545. The number of thiazole rings is 1. The third kappa shape index (κ3) is 3.09. The second-order valence-corrected chi connectivity index (χ2v) is 7.07. The van der Waals surface area contributed by atoms with Crippen molar-refractivity contribution < 1.29 is 13.9 Å². The smallest absolute Gasteiger partial charge is 0.315 e. The molecule has 2 heterocycles. The summed E-state index contributed by atoms with van der Waals surface area (Å²) in [4.78, 5) is 17.6. The standard InChI is InChI=1S/C20H18N2O3S/c1-13-7-8-15-18(11-13)26-20(22(15)9-10-24-2)21-19(23)17-12-14-5-3-4-6-16(14)25-17/h3-8,11-12H,9-10H2,1-2H3. The summed E-state index contributed by atoms with van der Waals surface area (Å²) in [7, 11) is 1.66. The molecule has 6 heteroatoms. The Bertz CT molecular complexity index is 1130. The highest BCUT2D eigenvalue weighted by molar-refractivity contribution is 7.16. The van der Waals surface area contributed by atoms with Gasteiger partial charge in [-0.05, 0) is 36.8 Å². The summed E-state index contributed by atoms with van der Waals surface area (Å²) in [5.41, 5.74) is 2.91. The van der Waals surface area contributed by atoms with Crippen molar-refractivity contribution in [2.45, 2.75) is 13.5 Å². The molecule has 0 unspecified atom stereocenters. The van der Waals surface area contributed by atoms with Crippen molar-refractivity contribution in [2.75, 3.05) is 13.7 Å². The number of fused-ring (bicyclic) bond motifs is 2. The van der Waals surface area contributed by atoms with E-state index in [4.69, 9.17) is 9.15 Å². The fourth-order valence-electron chi connectivity index (χ4n) is 2.89. The summed E-state index contributed by atoms with van der Waals surface area (Å²) in [6.45, 7) is 3.23. The number of benzene rings is 2. The first-order valence-corrected chi connectivity index (χ1v) is 9.14. The van der Waals surface area contributed by atoms with E-state index >= 15 is 0 Å². The molecule has 0 spiro atoms. The second kappa shape index (κ2) is 6.90. The van der Waals surface area contributed by atoms with E-state index in [2.05, 4.69) is 30.1 Å². The molecule has 4 aromatic rings. The highest BCUT2D eigenvalue weighted by atomic mass is 32.1. The van der Waals surface area contributed by atoms with Crippen molar-refractivity contribution in [2.24, 2.45) is 4.99 Å². The first-order valence-electron chi connectivity index (χ1n) is 8.32. The van der Waals surface area contributed by atoms with Crippen LogP contribution in [0.3, 0.4) is 0 Å². The Kier molecular flexibility index (Phi) is 4.44. The van der Waals surface area contributed by atoms with Crippen LogP contribution < -0.4 is 4.80 Å². The lowest BCUT2D eigenvalue weighted by Crippen LogP contribution is -2.19. The maximum Gasteiger partial charge on any atom is 0.315 e. The number of carbonyl (C=O) groups is 1. The summed E-state index contributed by atoms with van der Waals surface area (Å²) < 4.78 is 14.0. The molecule has 1 amide bonds. The maximum atomic E-state index is 12.7. The second-order valence-electron chi connectivity index (χ2n) is 6.07. The Hall–Kier alpha value is -2.70. The molecular formula is C20H18N2O3S. The zero-order valence-corrected chi connectivity index (χ0v) is 15.4. The SMILES string of the molecule is COCCn1c(=NC(=O)c2cc3ccccc3o2)sc2cc(C)ccc21. The molecule has 0 aliphatic heterocycles. The number of furan rings is 1. The third-order valence-corrected chi connectivity index (χ3v) is 5.23. The van der Waals surface area contributed by atoms with Crippen LogP contribution in [-0.4, -0.2) is 24.2 Å². The van der Waals surface area contributed by atoms with E-state index in [0.29, 0.717) is 23.5 Å². The van der Waals surface area contributed by atoms with Gasteiger partial charge in [-0.15, -0.1) is 0 Å². The number of nitrogens with zero attached hydrogens (tertiary/aromatic N) is 2. The third-order valence-electron chi connectivity index (χ3n) is 4.19. The summed E-state index contributed by atoms with van der Waals surface area (Å²) in [6, 6.07) is 15.5. The molecule has 132 valence electrons. The first-order chi connectivity index (χ1) is 12.7. The van der Waals surface area contributed by atoms with Gasteiger partial charge in [0.2, 0.25) is 0 Å². The zero-order valence-electron chi connectivity index (χ0n) is 14.6. The van der Waals surface area contributed by atoms with Crippen LogP contribution in [0.5, 0.6) is 0 Å². The monoisotopic (exact) mass is 366 g/mol. The van der Waals surface area contributed by atoms with Crippen molar-refractivity contribution in [3.8, 4) is 0 Å². The topological polar surface area (TPSA) is 56.7 Å². The van der Waals surface area contributed by atoms with Gasteiger partial charge in [0.15, 0.2) is 10.6 Å². The van der Waals surface area contributed by atoms with Gasteiger partial charge in [-0.25, -0.2) is 0 Å². The Balaban J connectivity index is 1.81. The van der Waals surface area contributed by atoms with E-state index < -0.39 is 0 Å². The number of aryl methyl sites for hydroxylation is 1. The molecule has 0 saturated heterocycles. The van der Waals surface area contributed by atoms with E-state index in [9.17, 15) is 4.79 Å². The summed E-state index contributed by atoms with van der Waals surface area (Å²) in [6.07, 6.45) is 0. The molecular weight excluding hydrogens is 348 g/mol. The van der Waals surface area contributed by atoms with Crippen LogP contribution in [0.4, 0.5) is 0 Å². The van der Waals surface area contributed by atoms with Crippen LogP contribution in [0.15, 0.2) is 57.9 Å². The lowest BCUT2D eigenvalue weighted by atomic mass is 10.2. The van der Waals surface area contributed by atoms with Crippen LogP contribution in [0.25, 0.3) is 21.2 Å². The minimum Gasteiger partial charge on any atom is -0.451 e. The van der Waals surface area contributed by atoms with Crippen molar-refractivity contribution in [1.29, 1.82) is 0 Å². The highest BCUT2D eigenvalue weighted by Crippen LogP contribution is 2.21. The molecule has 0 bridgehead atoms. The fraction of sp³-hybridized carbons (Fsp3) is 0.200. The van der Waals surface area contributed by atoms with E-state index in [-0.39, 0.29) is 11.7 Å². The molecule has 2 aromatic heterocycles. The molecule has 0 N–H and O–H groups in total. The number of aromatic nitrogens is 1. The van der Waals surface area contributed by atoms with E-state index in [1.807, 2.05) is 28.8 Å². The van der Waals surface area contributed by atoms with Crippen molar-refractivity contribution >= 4 is 38.4 Å². The van der Waals surface area contributed by atoms with Gasteiger partial charge < -0.3 is 13.7 Å². The zero-order chi connectivity index (χ0) is 18.1. The Labute approximate surface area is 154 Å². The fourth-order valence-corrected chi connectivity index (χ4v) is 4.05. The minimum absolute atomic E-state index is 0.248. The highest BCUT2D eigenvalue weighted by Gasteiger charge is 2.13. The van der Waals surface area contributed by atoms with Gasteiger partial charge in [0, 0.05) is 19.0 Å². The molecule has 0 fully saturated rings. The molecule has 5 nitrogen and oxygen atoms in total. The van der Waals surface area contributed by atoms with E-state index in [1.54, 1.807) is 13.2 Å². The normalized spacial score (nSPS) is 12.3. The van der Waals surface area contributed by atoms with Crippen LogP contribution >= 0.6 is 11.3 Å². The van der Waals surface area contributed by atoms with Gasteiger partial charge in [0.25, 0.3) is 0 Å². The number of carbonyl (C=O) groups excluding carboxylic acids is 1. The van der Waals surface area contributed by atoms with Gasteiger partial charge in [-0.1, -0.05) is 35.6 Å². The molecule has 0 radical (unpaired) electrons. The number of ether oxygens (including phenoxy) is 1. The van der Waals surface area contributed by atoms with Gasteiger partial charge in [0.1, 0.15) is 5.58 Å². The number of rotatable bonds is 4. The number of hydrogen-bond acceptors (Lipinski definition) is 4. The Morgan fingerprint density at radius 2 is 2.08 bits per heavy atom. The van der Waals surface area contributed by atoms with Crippen LogP contribution in [0.2, 0.25) is 0 Å². The van der Waals surface area contributed by atoms with Crippen molar-refractivity contribution in [3.63, 3.8) is 0 Å².